The van der Waals surface area contributed by atoms with Crippen LogP contribution in [0.15, 0.2) is 12.3 Å². The number of aromatic nitrogens is 1. The quantitative estimate of drug-likeness (QED) is 0.692. The van der Waals surface area contributed by atoms with Crippen LogP contribution in [0.2, 0.25) is 0 Å². The molecule has 1 aliphatic heterocycles. The fourth-order valence-electron chi connectivity index (χ4n) is 3.19. The number of nitrogens with zero attached hydrogens (tertiary/aromatic N) is 3. The number of rotatable bonds is 5. The molecule has 30 heavy (non-hydrogen) atoms. The predicted octanol–water partition coefficient (Wildman–Crippen LogP) is 0.955. The highest BCUT2D eigenvalue weighted by Gasteiger charge is 2.35. The molecular weight excluding hydrogens is 406 g/mol. The zero-order valence-electron chi connectivity index (χ0n) is 17.8. The topological polar surface area (TPSA) is 100 Å². The molecule has 2 aliphatic rings. The fraction of sp³-hybridized carbons (Fsp3) is 0.619. The Morgan fingerprint density at radius 1 is 1.43 bits per heavy atom. The summed E-state index contributed by atoms with van der Waals surface area (Å²) in [5.41, 5.74) is 0.907. The number of hydrogen-bond acceptors (Lipinski definition) is 6. The Morgan fingerprint density at radius 3 is 2.73 bits per heavy atom. The molecule has 1 aliphatic carbocycles. The van der Waals surface area contributed by atoms with E-state index in [9.17, 15) is 18.3 Å². The minimum Gasteiger partial charge on any atom is -0.472 e. The summed E-state index contributed by atoms with van der Waals surface area (Å²) in [5.74, 6) is 6.34. The second kappa shape index (κ2) is 8.92. The van der Waals surface area contributed by atoms with Crippen LogP contribution in [-0.4, -0.2) is 78.8 Å². The maximum Gasteiger partial charge on any atom is 0.259 e. The highest BCUT2D eigenvalue weighted by molar-refractivity contribution is 7.88. The van der Waals surface area contributed by atoms with E-state index in [2.05, 4.69) is 16.8 Å². The number of fused-ring (bicyclic) bond motifs is 1. The first-order chi connectivity index (χ1) is 14.1. The van der Waals surface area contributed by atoms with Crippen molar-refractivity contribution in [1.82, 2.24) is 14.2 Å². The number of carbonyl (C=O) groups excluding carboxylic acids is 1. The maximum absolute atomic E-state index is 13.3. The molecule has 0 spiro atoms. The molecule has 1 saturated carbocycles. The zero-order chi connectivity index (χ0) is 22.1. The molecule has 0 unspecified atom stereocenters. The molecule has 1 aromatic heterocycles. The van der Waals surface area contributed by atoms with Gasteiger partial charge < -0.3 is 14.7 Å². The molecule has 1 N–H and O–H groups in total. The molecule has 0 radical (unpaired) electrons. The lowest BCUT2D eigenvalue weighted by Crippen LogP contribution is -2.50. The highest BCUT2D eigenvalue weighted by atomic mass is 32.2. The number of sulfonamides is 1. The minimum atomic E-state index is -3.39. The highest BCUT2D eigenvalue weighted by Crippen LogP contribution is 2.29. The summed E-state index contributed by atoms with van der Waals surface area (Å²) in [6, 6.07) is 1.27. The standard InChI is InChI=1S/C21H29N3O5S/c1-14-11-24(15(2)13-25)21(26)18-9-17(8-7-16-5-6-16)10-22-20(18)29-19(14)12-23(3)30(4,27)28/h9-10,14-16,19,25H,5-6,11-13H2,1-4H3/t14-,15-,19-/m1/s1. The lowest BCUT2D eigenvalue weighted by molar-refractivity contribution is 0.0373. The monoisotopic (exact) mass is 435 g/mol. The summed E-state index contributed by atoms with van der Waals surface area (Å²) in [6.45, 7) is 3.93. The minimum absolute atomic E-state index is 0.125. The summed E-state index contributed by atoms with van der Waals surface area (Å²) in [5, 5.41) is 9.68. The van der Waals surface area contributed by atoms with Crippen molar-refractivity contribution >= 4 is 15.9 Å². The molecule has 8 nitrogen and oxygen atoms in total. The van der Waals surface area contributed by atoms with Crippen molar-refractivity contribution in [1.29, 1.82) is 0 Å². The number of amides is 1. The Morgan fingerprint density at radius 2 is 2.13 bits per heavy atom. The second-order valence-corrected chi connectivity index (χ2v) is 10.4. The second-order valence-electron chi connectivity index (χ2n) is 8.29. The van der Waals surface area contributed by atoms with Gasteiger partial charge in [-0.2, -0.15) is 0 Å². The summed E-state index contributed by atoms with van der Waals surface area (Å²) >= 11 is 0. The van der Waals surface area contributed by atoms with Gasteiger partial charge in [-0.25, -0.2) is 17.7 Å². The van der Waals surface area contributed by atoms with Crippen LogP contribution in [0.25, 0.3) is 0 Å². The van der Waals surface area contributed by atoms with E-state index in [-0.39, 0.29) is 36.4 Å². The van der Waals surface area contributed by atoms with Crippen LogP contribution in [0, 0.1) is 23.7 Å². The number of aliphatic hydroxyl groups excluding tert-OH is 1. The van der Waals surface area contributed by atoms with Gasteiger partial charge in [-0.3, -0.25) is 4.79 Å². The zero-order valence-corrected chi connectivity index (χ0v) is 18.6. The van der Waals surface area contributed by atoms with Crippen LogP contribution >= 0.6 is 0 Å². The molecule has 1 aromatic rings. The van der Waals surface area contributed by atoms with Gasteiger partial charge >= 0.3 is 0 Å². The van der Waals surface area contributed by atoms with E-state index in [1.807, 2.05) is 6.92 Å². The van der Waals surface area contributed by atoms with Gasteiger partial charge in [-0.15, -0.1) is 0 Å². The van der Waals surface area contributed by atoms with Gasteiger partial charge in [0.2, 0.25) is 15.9 Å². The van der Waals surface area contributed by atoms with Gasteiger partial charge in [-0.05, 0) is 25.8 Å². The first-order valence-corrected chi connectivity index (χ1v) is 12.0. The van der Waals surface area contributed by atoms with E-state index < -0.39 is 22.2 Å². The van der Waals surface area contributed by atoms with E-state index >= 15 is 0 Å². The molecule has 164 valence electrons. The molecule has 0 saturated heterocycles. The Kier molecular flexibility index (Phi) is 6.70. The first kappa shape index (κ1) is 22.5. The third-order valence-corrected chi connectivity index (χ3v) is 6.80. The summed E-state index contributed by atoms with van der Waals surface area (Å²) in [4.78, 5) is 19.2. The van der Waals surface area contributed by atoms with Crippen molar-refractivity contribution in [3.63, 3.8) is 0 Å². The van der Waals surface area contributed by atoms with Gasteiger partial charge in [-0.1, -0.05) is 18.8 Å². The summed E-state index contributed by atoms with van der Waals surface area (Å²) in [7, 11) is -1.90. The molecular formula is C21H29N3O5S. The van der Waals surface area contributed by atoms with Gasteiger partial charge in [0.25, 0.3) is 5.91 Å². The lowest BCUT2D eigenvalue weighted by Gasteiger charge is -2.37. The average molecular weight is 436 g/mol. The van der Waals surface area contributed by atoms with Crippen molar-refractivity contribution in [2.24, 2.45) is 11.8 Å². The van der Waals surface area contributed by atoms with Crippen LogP contribution in [0.5, 0.6) is 5.88 Å². The smallest absolute Gasteiger partial charge is 0.259 e. The van der Waals surface area contributed by atoms with E-state index in [0.29, 0.717) is 18.0 Å². The van der Waals surface area contributed by atoms with E-state index in [1.54, 1.807) is 24.1 Å². The van der Waals surface area contributed by atoms with Gasteiger partial charge in [0, 0.05) is 37.2 Å². The van der Waals surface area contributed by atoms with Gasteiger partial charge in [0.1, 0.15) is 11.7 Å². The number of likely N-dealkylation sites (N-methyl/N-ethyl adjacent to an activating group) is 1. The number of ether oxygens (including phenoxy) is 1. The maximum atomic E-state index is 13.3. The van der Waals surface area contributed by atoms with Crippen molar-refractivity contribution in [3.05, 3.63) is 23.4 Å². The Hall–Kier alpha value is -2.15. The number of aliphatic hydroxyl groups is 1. The molecule has 9 heteroatoms. The third-order valence-electron chi connectivity index (χ3n) is 5.52. The Balaban J connectivity index is 1.99. The van der Waals surface area contributed by atoms with E-state index in [1.165, 1.54) is 11.4 Å². The molecule has 3 rings (SSSR count). The Bertz CT molecular complexity index is 965. The molecule has 0 bridgehead atoms. The van der Waals surface area contributed by atoms with Crippen molar-refractivity contribution in [2.75, 3.05) is 33.0 Å². The average Bonchev–Trinajstić information content (AvgIpc) is 3.52. The van der Waals surface area contributed by atoms with Crippen LogP contribution in [0.4, 0.5) is 0 Å². The van der Waals surface area contributed by atoms with E-state index in [0.717, 1.165) is 19.1 Å². The predicted molar refractivity (Wildman–Crippen MR) is 112 cm³/mol. The van der Waals surface area contributed by atoms with Gasteiger partial charge in [0.15, 0.2) is 0 Å². The molecule has 0 aromatic carbocycles. The van der Waals surface area contributed by atoms with Crippen LogP contribution < -0.4 is 4.74 Å². The van der Waals surface area contributed by atoms with Crippen molar-refractivity contribution in [3.8, 4) is 17.7 Å². The van der Waals surface area contributed by atoms with Crippen molar-refractivity contribution < 1.29 is 23.1 Å². The SMILES string of the molecule is C[C@@H]1CN([C@H](C)CO)C(=O)c2cc(C#CC3CC3)cnc2O[C@@H]1CN(C)S(C)(=O)=O. The van der Waals surface area contributed by atoms with Crippen LogP contribution in [0.1, 0.15) is 42.6 Å². The van der Waals surface area contributed by atoms with Crippen LogP contribution in [0.3, 0.4) is 0 Å². The van der Waals surface area contributed by atoms with Crippen molar-refractivity contribution in [2.45, 2.75) is 38.8 Å². The number of pyridine rings is 1. The molecule has 2 heterocycles. The first-order valence-electron chi connectivity index (χ1n) is 10.1. The van der Waals surface area contributed by atoms with Crippen LogP contribution in [-0.2, 0) is 10.0 Å². The lowest BCUT2D eigenvalue weighted by atomic mass is 10.0. The Labute approximate surface area is 178 Å². The fourth-order valence-corrected chi connectivity index (χ4v) is 3.61. The largest absolute Gasteiger partial charge is 0.472 e. The van der Waals surface area contributed by atoms with Gasteiger partial charge in [0.05, 0.1) is 25.4 Å². The third kappa shape index (κ3) is 5.31. The summed E-state index contributed by atoms with van der Waals surface area (Å²) in [6.07, 6.45) is 4.40. The van der Waals surface area contributed by atoms with E-state index in [4.69, 9.17) is 4.74 Å². The number of carbonyl (C=O) groups is 1. The summed E-state index contributed by atoms with van der Waals surface area (Å²) < 4.78 is 31.1. The number of hydrogen-bond donors (Lipinski definition) is 1. The normalized spacial score (nSPS) is 23.0. The molecule has 1 fully saturated rings. The molecule has 1 amide bonds. The molecule has 3 atom stereocenters.